The molecule has 0 unspecified atom stereocenters. The summed E-state index contributed by atoms with van der Waals surface area (Å²) in [6.45, 7) is 5.10. The van der Waals surface area contributed by atoms with Gasteiger partial charge < -0.3 is 25.0 Å². The molecule has 0 saturated carbocycles. The fraction of sp³-hybridized carbons (Fsp3) is 0.400. The van der Waals surface area contributed by atoms with Gasteiger partial charge in [0.2, 0.25) is 0 Å². The molecular formula is C20H24F2N4O4. The highest BCUT2D eigenvalue weighted by Crippen LogP contribution is 2.24. The van der Waals surface area contributed by atoms with Gasteiger partial charge in [0.25, 0.3) is 5.69 Å². The second kappa shape index (κ2) is 10.2. The van der Waals surface area contributed by atoms with Crippen LogP contribution < -0.4 is 15.5 Å². The third-order valence-electron chi connectivity index (χ3n) is 4.82. The van der Waals surface area contributed by atoms with Gasteiger partial charge in [-0.3, -0.25) is 10.1 Å². The van der Waals surface area contributed by atoms with Gasteiger partial charge in [-0.2, -0.15) is 0 Å². The van der Waals surface area contributed by atoms with Crippen LogP contribution in [0.5, 0.6) is 0 Å². The summed E-state index contributed by atoms with van der Waals surface area (Å²) in [4.78, 5) is 13.6. The number of morpholine rings is 2. The molecule has 4 rings (SSSR count). The van der Waals surface area contributed by atoms with Crippen LogP contribution in [-0.4, -0.2) is 57.5 Å². The molecule has 0 aliphatic carbocycles. The van der Waals surface area contributed by atoms with Crippen LogP contribution in [0.25, 0.3) is 0 Å². The Labute approximate surface area is 172 Å². The highest BCUT2D eigenvalue weighted by molar-refractivity contribution is 5.55. The van der Waals surface area contributed by atoms with Gasteiger partial charge in [-0.15, -0.1) is 0 Å². The monoisotopic (exact) mass is 422 g/mol. The summed E-state index contributed by atoms with van der Waals surface area (Å²) < 4.78 is 37.4. The Morgan fingerprint density at radius 1 is 0.833 bits per heavy atom. The molecule has 2 aromatic rings. The molecule has 0 amide bonds. The van der Waals surface area contributed by atoms with Gasteiger partial charge in [0.1, 0.15) is 5.82 Å². The molecule has 2 fully saturated rings. The van der Waals surface area contributed by atoms with Crippen LogP contribution in [0.4, 0.5) is 31.5 Å². The number of rotatable bonds is 3. The standard InChI is InChI=1S/C10H11FN2O3.C10H13FN2O/c11-9-7-8(13(14)15)1-2-10(9)12-3-5-16-6-4-12;11-9-7-8(12)1-2-10(9)13-3-5-14-6-4-13/h1-2,7H,3-6H2;1-2,7H,3-6,12H2. The van der Waals surface area contributed by atoms with Crippen LogP contribution in [0.2, 0.25) is 0 Å². The number of nitro benzene ring substituents is 1. The molecule has 8 nitrogen and oxygen atoms in total. The van der Waals surface area contributed by atoms with Gasteiger partial charge in [-0.1, -0.05) is 0 Å². The maximum Gasteiger partial charge on any atom is 0.272 e. The molecule has 0 bridgehead atoms. The van der Waals surface area contributed by atoms with Crippen LogP contribution in [-0.2, 0) is 9.47 Å². The second-order valence-corrected chi connectivity index (χ2v) is 6.80. The van der Waals surface area contributed by atoms with Crippen molar-refractivity contribution in [2.24, 2.45) is 0 Å². The molecule has 0 atom stereocenters. The zero-order chi connectivity index (χ0) is 21.5. The molecule has 2 aliphatic rings. The number of non-ortho nitro benzene ring substituents is 1. The van der Waals surface area contributed by atoms with Crippen molar-refractivity contribution in [1.29, 1.82) is 0 Å². The fourth-order valence-corrected chi connectivity index (χ4v) is 3.25. The number of halogens is 2. The molecule has 2 saturated heterocycles. The Morgan fingerprint density at radius 2 is 1.30 bits per heavy atom. The summed E-state index contributed by atoms with van der Waals surface area (Å²) >= 11 is 0. The largest absolute Gasteiger partial charge is 0.399 e. The Morgan fingerprint density at radius 3 is 1.73 bits per heavy atom. The van der Waals surface area contributed by atoms with E-state index in [4.69, 9.17) is 15.2 Å². The molecule has 0 spiro atoms. The van der Waals surface area contributed by atoms with Gasteiger partial charge in [0.15, 0.2) is 5.82 Å². The van der Waals surface area contributed by atoms with Gasteiger partial charge in [-0.25, -0.2) is 8.78 Å². The molecular weight excluding hydrogens is 398 g/mol. The van der Waals surface area contributed by atoms with E-state index >= 15 is 0 Å². The first kappa shape index (κ1) is 21.7. The number of ether oxygens (including phenoxy) is 2. The third-order valence-corrected chi connectivity index (χ3v) is 4.82. The van der Waals surface area contributed by atoms with Crippen LogP contribution in [0, 0.1) is 21.7 Å². The van der Waals surface area contributed by atoms with Crippen molar-refractivity contribution in [1.82, 2.24) is 0 Å². The van der Waals surface area contributed by atoms with E-state index in [1.165, 1.54) is 18.2 Å². The molecule has 2 N–H and O–H groups in total. The van der Waals surface area contributed by atoms with E-state index in [0.29, 0.717) is 56.6 Å². The lowest BCUT2D eigenvalue weighted by Gasteiger charge is -2.29. The summed E-state index contributed by atoms with van der Waals surface area (Å²) in [5, 5.41) is 10.4. The average Bonchev–Trinajstić information content (AvgIpc) is 2.75. The number of hydrogen-bond donors (Lipinski definition) is 1. The smallest absolute Gasteiger partial charge is 0.272 e. The molecule has 162 valence electrons. The summed E-state index contributed by atoms with van der Waals surface area (Å²) in [5.41, 5.74) is 6.71. The highest BCUT2D eigenvalue weighted by Gasteiger charge is 2.18. The van der Waals surface area contributed by atoms with Gasteiger partial charge in [0.05, 0.1) is 48.8 Å². The van der Waals surface area contributed by atoms with Gasteiger partial charge in [-0.05, 0) is 24.3 Å². The Hall–Kier alpha value is -2.98. The van der Waals surface area contributed by atoms with E-state index in [2.05, 4.69) is 0 Å². The van der Waals surface area contributed by atoms with Crippen LogP contribution in [0.15, 0.2) is 36.4 Å². The SMILES string of the molecule is Nc1ccc(N2CCOCC2)c(F)c1.O=[N+]([O-])c1ccc(N2CCOCC2)c(F)c1. The first-order valence-electron chi connectivity index (χ1n) is 9.60. The molecule has 0 radical (unpaired) electrons. The Balaban J connectivity index is 0.000000172. The maximum absolute atomic E-state index is 13.6. The molecule has 10 heteroatoms. The number of nitro groups is 1. The number of hydrogen-bond acceptors (Lipinski definition) is 7. The minimum atomic E-state index is -0.605. The minimum Gasteiger partial charge on any atom is -0.399 e. The zero-order valence-electron chi connectivity index (χ0n) is 16.4. The molecule has 2 aliphatic heterocycles. The Bertz CT molecular complexity index is 872. The lowest BCUT2D eigenvalue weighted by atomic mass is 10.2. The topological polar surface area (TPSA) is 94.1 Å². The molecule has 2 heterocycles. The average molecular weight is 422 g/mol. The lowest BCUT2D eigenvalue weighted by Crippen LogP contribution is -2.36. The number of nitrogens with two attached hydrogens (primary N) is 1. The molecule has 0 aromatic heterocycles. The maximum atomic E-state index is 13.6. The van der Waals surface area contributed by atoms with Crippen LogP contribution in [0.3, 0.4) is 0 Å². The van der Waals surface area contributed by atoms with Crippen LogP contribution in [0.1, 0.15) is 0 Å². The Kier molecular flexibility index (Phi) is 7.36. The highest BCUT2D eigenvalue weighted by atomic mass is 19.1. The van der Waals surface area contributed by atoms with E-state index in [-0.39, 0.29) is 11.5 Å². The predicted octanol–water partition coefficient (Wildman–Crippen LogP) is 2.82. The number of nitrogen functional groups attached to an aromatic ring is 1. The molecule has 2 aromatic carbocycles. The van der Waals surface area contributed by atoms with Crippen molar-refractivity contribution in [2.75, 3.05) is 68.1 Å². The zero-order valence-corrected chi connectivity index (χ0v) is 16.4. The summed E-state index contributed by atoms with van der Waals surface area (Å²) in [5.74, 6) is -0.817. The summed E-state index contributed by atoms with van der Waals surface area (Å²) in [6.07, 6.45) is 0. The van der Waals surface area contributed by atoms with E-state index in [9.17, 15) is 18.9 Å². The second-order valence-electron chi connectivity index (χ2n) is 6.80. The van der Waals surface area contributed by atoms with Crippen molar-refractivity contribution in [2.45, 2.75) is 0 Å². The third kappa shape index (κ3) is 5.55. The van der Waals surface area contributed by atoms with Crippen molar-refractivity contribution in [3.8, 4) is 0 Å². The first-order valence-corrected chi connectivity index (χ1v) is 9.60. The summed E-state index contributed by atoms with van der Waals surface area (Å²) in [7, 11) is 0. The van der Waals surface area contributed by atoms with Crippen LogP contribution >= 0.6 is 0 Å². The van der Waals surface area contributed by atoms with Gasteiger partial charge >= 0.3 is 0 Å². The molecule has 30 heavy (non-hydrogen) atoms. The predicted molar refractivity (Wildman–Crippen MR) is 110 cm³/mol. The minimum absolute atomic E-state index is 0.227. The van der Waals surface area contributed by atoms with Gasteiger partial charge in [0, 0.05) is 37.9 Å². The number of anilines is 3. The van der Waals surface area contributed by atoms with Crippen molar-refractivity contribution >= 4 is 22.7 Å². The van der Waals surface area contributed by atoms with Crippen molar-refractivity contribution in [3.63, 3.8) is 0 Å². The van der Waals surface area contributed by atoms with E-state index in [0.717, 1.165) is 19.2 Å². The lowest BCUT2D eigenvalue weighted by molar-refractivity contribution is -0.385. The van der Waals surface area contributed by atoms with Crippen molar-refractivity contribution < 1.29 is 23.2 Å². The number of benzene rings is 2. The van der Waals surface area contributed by atoms with Crippen molar-refractivity contribution in [3.05, 3.63) is 58.1 Å². The van der Waals surface area contributed by atoms with E-state index in [1.54, 1.807) is 12.1 Å². The van der Waals surface area contributed by atoms with E-state index < -0.39 is 10.7 Å². The number of nitrogens with zero attached hydrogens (tertiary/aromatic N) is 3. The quantitative estimate of drug-likeness (QED) is 0.462. The summed E-state index contributed by atoms with van der Waals surface area (Å²) in [6, 6.07) is 8.49. The fourth-order valence-electron chi connectivity index (χ4n) is 3.25. The normalized spacial score (nSPS) is 16.6. The first-order chi connectivity index (χ1) is 14.5. The van der Waals surface area contributed by atoms with E-state index in [1.807, 2.05) is 9.80 Å².